The molecule has 0 unspecified atom stereocenters. The average Bonchev–Trinajstić information content (AvgIpc) is 2.19. The van der Waals surface area contributed by atoms with Gasteiger partial charge in [0, 0.05) is 11.6 Å². The predicted octanol–water partition coefficient (Wildman–Crippen LogP) is 3.00. The lowest BCUT2D eigenvalue weighted by molar-refractivity contribution is 1.01. The van der Waals surface area contributed by atoms with Gasteiger partial charge in [-0.15, -0.1) is 0 Å². The summed E-state index contributed by atoms with van der Waals surface area (Å²) < 4.78 is 0. The molecule has 0 amide bonds. The first-order valence-electron chi connectivity index (χ1n) is 4.53. The van der Waals surface area contributed by atoms with E-state index in [2.05, 4.69) is 30.1 Å². The fourth-order valence-electron chi connectivity index (χ4n) is 1.56. The number of pyridine rings is 1. The first kappa shape index (κ1) is 8.24. The second-order valence-electron chi connectivity index (χ2n) is 3.09. The lowest BCUT2D eigenvalue weighted by Gasteiger charge is -2.03. The second-order valence-corrected chi connectivity index (χ2v) is 3.09. The van der Waals surface area contributed by atoms with Crippen LogP contribution in [0.1, 0.15) is 12.0 Å². The van der Waals surface area contributed by atoms with E-state index in [9.17, 15) is 0 Å². The van der Waals surface area contributed by atoms with Crippen LogP contribution in [0.2, 0.25) is 0 Å². The number of aromatic nitrogens is 1. The Balaban J connectivity index is 2.61. The second kappa shape index (κ2) is 3.56. The molecule has 2 aromatic rings. The highest BCUT2D eigenvalue weighted by Crippen LogP contribution is 2.16. The maximum absolute atomic E-state index is 4.30. The van der Waals surface area contributed by atoms with E-state index in [0.717, 1.165) is 18.4 Å². The summed E-state index contributed by atoms with van der Waals surface area (Å²) in [7, 11) is 0. The normalized spacial score (nSPS) is 10.5. The molecule has 0 aliphatic carbocycles. The first-order valence-corrected chi connectivity index (χ1v) is 4.53. The first-order chi connectivity index (χ1) is 6.42. The van der Waals surface area contributed by atoms with Crippen molar-refractivity contribution < 1.29 is 0 Å². The van der Waals surface area contributed by atoms with Gasteiger partial charge in [-0.2, -0.15) is 0 Å². The van der Waals surface area contributed by atoms with Crippen molar-refractivity contribution in [1.29, 1.82) is 0 Å². The third kappa shape index (κ3) is 1.55. The van der Waals surface area contributed by atoms with E-state index in [1.807, 2.05) is 18.3 Å². The van der Waals surface area contributed by atoms with Crippen LogP contribution >= 0.6 is 0 Å². The molecular formula is C12H12N. The quantitative estimate of drug-likeness (QED) is 0.675. The van der Waals surface area contributed by atoms with Crippen LogP contribution in [0.15, 0.2) is 36.5 Å². The average molecular weight is 170 g/mol. The van der Waals surface area contributed by atoms with Crippen molar-refractivity contribution in [2.24, 2.45) is 0 Å². The SMILES string of the molecule is [CH2]CCc1ccnc2ccccc12. The van der Waals surface area contributed by atoms with Gasteiger partial charge in [0.1, 0.15) is 0 Å². The molecule has 0 aliphatic heterocycles. The van der Waals surface area contributed by atoms with E-state index in [4.69, 9.17) is 0 Å². The lowest BCUT2D eigenvalue weighted by atomic mass is 10.1. The molecule has 1 heteroatoms. The standard InChI is InChI=1S/C12H12N/c1-2-5-10-8-9-13-12-7-4-3-6-11(10)12/h3-4,6-9H,1-2,5H2. The molecule has 1 aromatic carbocycles. The summed E-state index contributed by atoms with van der Waals surface area (Å²) >= 11 is 0. The Kier molecular flexibility index (Phi) is 2.26. The van der Waals surface area contributed by atoms with Crippen LogP contribution in [-0.2, 0) is 6.42 Å². The Morgan fingerprint density at radius 3 is 2.85 bits per heavy atom. The fourth-order valence-corrected chi connectivity index (χ4v) is 1.56. The van der Waals surface area contributed by atoms with Crippen LogP contribution in [-0.4, -0.2) is 4.98 Å². The number of benzene rings is 1. The minimum atomic E-state index is 0.938. The monoisotopic (exact) mass is 170 g/mol. The molecule has 0 saturated heterocycles. The van der Waals surface area contributed by atoms with Crippen LogP contribution < -0.4 is 0 Å². The zero-order valence-electron chi connectivity index (χ0n) is 7.53. The highest BCUT2D eigenvalue weighted by molar-refractivity contribution is 5.81. The molecule has 0 N–H and O–H groups in total. The molecule has 2 rings (SSSR count). The van der Waals surface area contributed by atoms with E-state index in [1.54, 1.807) is 0 Å². The smallest absolute Gasteiger partial charge is 0.0704 e. The van der Waals surface area contributed by atoms with Gasteiger partial charge in [0.15, 0.2) is 0 Å². The molecular weight excluding hydrogens is 158 g/mol. The number of hydrogen-bond donors (Lipinski definition) is 0. The zero-order chi connectivity index (χ0) is 9.10. The van der Waals surface area contributed by atoms with Crippen molar-refractivity contribution >= 4 is 10.9 Å². The molecule has 0 spiro atoms. The Morgan fingerprint density at radius 2 is 2.00 bits per heavy atom. The maximum Gasteiger partial charge on any atom is 0.0704 e. The number of aryl methyl sites for hydroxylation is 1. The summed E-state index contributed by atoms with van der Waals surface area (Å²) in [6.45, 7) is 3.87. The maximum atomic E-state index is 4.30. The number of para-hydroxylation sites is 1. The van der Waals surface area contributed by atoms with Crippen molar-refractivity contribution in [2.75, 3.05) is 0 Å². The predicted molar refractivity (Wildman–Crippen MR) is 55.4 cm³/mol. The van der Waals surface area contributed by atoms with Gasteiger partial charge < -0.3 is 0 Å². The molecule has 0 bridgehead atoms. The van der Waals surface area contributed by atoms with E-state index in [-0.39, 0.29) is 0 Å². The number of fused-ring (bicyclic) bond motifs is 1. The minimum Gasteiger partial charge on any atom is -0.256 e. The van der Waals surface area contributed by atoms with Crippen LogP contribution in [0.25, 0.3) is 10.9 Å². The van der Waals surface area contributed by atoms with Gasteiger partial charge in [-0.05, 0) is 30.5 Å². The van der Waals surface area contributed by atoms with Gasteiger partial charge in [-0.3, -0.25) is 4.98 Å². The van der Waals surface area contributed by atoms with Crippen LogP contribution in [0, 0.1) is 6.92 Å². The molecule has 0 atom stereocenters. The topological polar surface area (TPSA) is 12.9 Å². The summed E-state index contributed by atoms with van der Waals surface area (Å²) in [5.74, 6) is 0. The van der Waals surface area contributed by atoms with Gasteiger partial charge in [-0.1, -0.05) is 25.1 Å². The molecule has 0 fully saturated rings. The van der Waals surface area contributed by atoms with Gasteiger partial charge in [0.25, 0.3) is 0 Å². The van der Waals surface area contributed by atoms with Gasteiger partial charge >= 0.3 is 0 Å². The zero-order valence-corrected chi connectivity index (χ0v) is 7.53. The lowest BCUT2D eigenvalue weighted by Crippen LogP contribution is -1.87. The number of rotatable bonds is 2. The highest BCUT2D eigenvalue weighted by Gasteiger charge is 1.98. The van der Waals surface area contributed by atoms with Crippen molar-refractivity contribution in [3.63, 3.8) is 0 Å². The molecule has 1 radical (unpaired) electrons. The van der Waals surface area contributed by atoms with E-state index in [1.165, 1.54) is 10.9 Å². The Labute approximate surface area is 78.4 Å². The van der Waals surface area contributed by atoms with Crippen LogP contribution in [0.4, 0.5) is 0 Å². The minimum absolute atomic E-state index is 0.938. The third-order valence-corrected chi connectivity index (χ3v) is 2.19. The molecule has 1 heterocycles. The summed E-state index contributed by atoms with van der Waals surface area (Å²) in [6, 6.07) is 10.3. The van der Waals surface area contributed by atoms with Crippen molar-refractivity contribution in [3.05, 3.63) is 49.0 Å². The number of hydrogen-bond acceptors (Lipinski definition) is 1. The molecule has 13 heavy (non-hydrogen) atoms. The molecule has 1 aromatic heterocycles. The Morgan fingerprint density at radius 1 is 1.15 bits per heavy atom. The summed E-state index contributed by atoms with van der Waals surface area (Å²) in [5, 5.41) is 1.26. The molecule has 65 valence electrons. The highest BCUT2D eigenvalue weighted by atomic mass is 14.6. The van der Waals surface area contributed by atoms with E-state index < -0.39 is 0 Å². The van der Waals surface area contributed by atoms with Gasteiger partial charge in [-0.25, -0.2) is 0 Å². The Hall–Kier alpha value is -1.37. The fraction of sp³-hybridized carbons (Fsp3) is 0.167. The summed E-state index contributed by atoms with van der Waals surface area (Å²) in [5.41, 5.74) is 2.43. The van der Waals surface area contributed by atoms with E-state index >= 15 is 0 Å². The summed E-state index contributed by atoms with van der Waals surface area (Å²) in [6.07, 6.45) is 3.84. The van der Waals surface area contributed by atoms with Crippen LogP contribution in [0.3, 0.4) is 0 Å². The van der Waals surface area contributed by atoms with Gasteiger partial charge in [0.2, 0.25) is 0 Å². The Bertz CT molecular complexity index is 401. The van der Waals surface area contributed by atoms with Crippen molar-refractivity contribution in [1.82, 2.24) is 4.98 Å². The summed E-state index contributed by atoms with van der Waals surface area (Å²) in [4.78, 5) is 4.30. The molecule has 0 saturated carbocycles. The van der Waals surface area contributed by atoms with Gasteiger partial charge in [0.05, 0.1) is 5.52 Å². The van der Waals surface area contributed by atoms with Crippen molar-refractivity contribution in [3.8, 4) is 0 Å². The van der Waals surface area contributed by atoms with Crippen LogP contribution in [0.5, 0.6) is 0 Å². The van der Waals surface area contributed by atoms with E-state index in [0.29, 0.717) is 0 Å². The number of nitrogens with zero attached hydrogens (tertiary/aromatic N) is 1. The molecule has 0 aliphatic rings. The largest absolute Gasteiger partial charge is 0.256 e. The molecule has 1 nitrogen and oxygen atoms in total. The third-order valence-electron chi connectivity index (χ3n) is 2.19. The van der Waals surface area contributed by atoms with Crippen molar-refractivity contribution in [2.45, 2.75) is 12.8 Å².